The Hall–Kier alpha value is -1.62. The molecule has 1 heterocycles. The Morgan fingerprint density at radius 2 is 2.12 bits per heavy atom. The normalized spacial score (nSPS) is 10.3. The molecular weight excluding hydrogens is 222 g/mol. The van der Waals surface area contributed by atoms with Crippen molar-refractivity contribution in [2.45, 2.75) is 23.4 Å². The van der Waals surface area contributed by atoms with Crippen LogP contribution in [0.3, 0.4) is 0 Å². The number of carbonyl (C=O) groups excluding carboxylic acids is 1. The monoisotopic (exact) mass is 233 g/mol. The van der Waals surface area contributed by atoms with Crippen LogP contribution in [0.1, 0.15) is 23.7 Å². The lowest BCUT2D eigenvalue weighted by molar-refractivity contribution is 0.0988. The number of rotatable bonds is 4. The lowest BCUT2D eigenvalue weighted by Gasteiger charge is -2.00. The van der Waals surface area contributed by atoms with E-state index in [0.717, 1.165) is 15.6 Å². The number of nitrogens with one attached hydrogen (secondary N) is 1. The zero-order valence-electron chi connectivity index (χ0n) is 8.80. The van der Waals surface area contributed by atoms with Crippen molar-refractivity contribution in [2.24, 2.45) is 0 Å². The highest BCUT2D eigenvalue weighted by molar-refractivity contribution is 7.99. The molecule has 0 radical (unpaired) electrons. The molecule has 1 N–H and O–H groups in total. The Morgan fingerprint density at radius 3 is 2.69 bits per heavy atom. The highest BCUT2D eigenvalue weighted by Gasteiger charge is 2.04. The van der Waals surface area contributed by atoms with E-state index in [1.807, 2.05) is 31.2 Å². The fourth-order valence-electron chi connectivity index (χ4n) is 1.27. The fourth-order valence-corrected chi connectivity index (χ4v) is 1.96. The number of benzene rings is 1. The molecule has 16 heavy (non-hydrogen) atoms. The maximum Gasteiger partial charge on any atom is 0.188 e. The van der Waals surface area contributed by atoms with E-state index >= 15 is 0 Å². The molecular formula is C11H11N3OS. The van der Waals surface area contributed by atoms with E-state index < -0.39 is 0 Å². The molecule has 0 bridgehead atoms. The Morgan fingerprint density at radius 1 is 1.38 bits per heavy atom. The summed E-state index contributed by atoms with van der Waals surface area (Å²) in [6, 6.07) is 7.50. The average molecular weight is 233 g/mol. The van der Waals surface area contributed by atoms with Gasteiger partial charge in [-0.15, -0.1) is 0 Å². The lowest BCUT2D eigenvalue weighted by atomic mass is 10.1. The quantitative estimate of drug-likeness (QED) is 0.824. The Bertz CT molecular complexity index is 464. The van der Waals surface area contributed by atoms with Crippen molar-refractivity contribution in [1.82, 2.24) is 15.2 Å². The van der Waals surface area contributed by atoms with Gasteiger partial charge in [0.2, 0.25) is 0 Å². The van der Waals surface area contributed by atoms with Gasteiger partial charge in [-0.05, 0) is 12.1 Å². The largest absolute Gasteiger partial charge is 0.294 e. The van der Waals surface area contributed by atoms with E-state index in [0.29, 0.717) is 6.42 Å². The zero-order valence-corrected chi connectivity index (χ0v) is 9.62. The molecule has 1 aromatic heterocycles. The number of aromatic nitrogens is 3. The first kappa shape index (κ1) is 10.9. The van der Waals surface area contributed by atoms with Gasteiger partial charge < -0.3 is 0 Å². The molecule has 0 aliphatic heterocycles. The van der Waals surface area contributed by atoms with Gasteiger partial charge in [-0.3, -0.25) is 9.89 Å². The molecule has 0 aliphatic carbocycles. The van der Waals surface area contributed by atoms with Gasteiger partial charge in [-0.25, -0.2) is 4.98 Å². The molecule has 5 heteroatoms. The molecule has 0 spiro atoms. The Kier molecular flexibility index (Phi) is 3.36. The minimum atomic E-state index is 0.163. The van der Waals surface area contributed by atoms with Gasteiger partial charge in [-0.2, -0.15) is 5.10 Å². The van der Waals surface area contributed by atoms with Crippen molar-refractivity contribution in [1.29, 1.82) is 0 Å². The summed E-state index contributed by atoms with van der Waals surface area (Å²) in [5.41, 5.74) is 0.754. The van der Waals surface area contributed by atoms with Crippen molar-refractivity contribution >= 4 is 17.5 Å². The van der Waals surface area contributed by atoms with E-state index in [-0.39, 0.29) is 5.78 Å². The summed E-state index contributed by atoms with van der Waals surface area (Å²) >= 11 is 1.48. The SMILES string of the molecule is CCC(=O)c1ccc(Sc2ncn[nH]2)cc1. The third-order valence-corrected chi connectivity index (χ3v) is 3.00. The predicted molar refractivity (Wildman–Crippen MR) is 61.6 cm³/mol. The van der Waals surface area contributed by atoms with Gasteiger partial charge in [0.25, 0.3) is 0 Å². The molecule has 1 aromatic carbocycles. The average Bonchev–Trinajstić information content (AvgIpc) is 2.82. The smallest absolute Gasteiger partial charge is 0.188 e. The maximum atomic E-state index is 11.4. The molecule has 0 unspecified atom stereocenters. The topological polar surface area (TPSA) is 58.6 Å². The summed E-state index contributed by atoms with van der Waals surface area (Å²) in [6.07, 6.45) is 2.01. The van der Waals surface area contributed by atoms with Crippen LogP contribution in [0.15, 0.2) is 40.6 Å². The van der Waals surface area contributed by atoms with Crippen LogP contribution in [0.5, 0.6) is 0 Å². The number of ketones is 1. The standard InChI is InChI=1S/C11H11N3OS/c1-2-10(15)8-3-5-9(6-4-8)16-11-12-7-13-14-11/h3-7H,2H2,1H3,(H,12,13,14). The molecule has 2 rings (SSSR count). The molecule has 0 aliphatic rings. The van der Waals surface area contributed by atoms with Gasteiger partial charge in [0.1, 0.15) is 6.33 Å². The van der Waals surface area contributed by atoms with E-state index in [4.69, 9.17) is 0 Å². The highest BCUT2D eigenvalue weighted by Crippen LogP contribution is 2.24. The molecule has 2 aromatic rings. The number of carbonyl (C=O) groups is 1. The number of H-pyrrole nitrogens is 1. The minimum Gasteiger partial charge on any atom is -0.294 e. The van der Waals surface area contributed by atoms with Gasteiger partial charge >= 0.3 is 0 Å². The van der Waals surface area contributed by atoms with E-state index in [9.17, 15) is 4.79 Å². The van der Waals surface area contributed by atoms with Gasteiger partial charge in [0, 0.05) is 16.9 Å². The maximum absolute atomic E-state index is 11.4. The van der Waals surface area contributed by atoms with Crippen LogP contribution in [0.2, 0.25) is 0 Å². The third-order valence-electron chi connectivity index (χ3n) is 2.10. The summed E-state index contributed by atoms with van der Waals surface area (Å²) in [5, 5.41) is 7.28. The molecule has 82 valence electrons. The number of nitrogens with zero attached hydrogens (tertiary/aromatic N) is 2. The number of hydrogen-bond donors (Lipinski definition) is 1. The first-order chi connectivity index (χ1) is 7.79. The van der Waals surface area contributed by atoms with Crippen molar-refractivity contribution in [3.8, 4) is 0 Å². The van der Waals surface area contributed by atoms with E-state index in [1.165, 1.54) is 18.1 Å². The van der Waals surface area contributed by atoms with Crippen LogP contribution in [0, 0.1) is 0 Å². The van der Waals surface area contributed by atoms with Crippen LogP contribution < -0.4 is 0 Å². The highest BCUT2D eigenvalue weighted by atomic mass is 32.2. The first-order valence-corrected chi connectivity index (χ1v) is 5.77. The molecule has 0 saturated carbocycles. The van der Waals surface area contributed by atoms with Crippen LogP contribution >= 0.6 is 11.8 Å². The molecule has 0 amide bonds. The van der Waals surface area contributed by atoms with Crippen LogP contribution in [-0.2, 0) is 0 Å². The Balaban J connectivity index is 2.10. The second-order valence-corrected chi connectivity index (χ2v) is 4.26. The summed E-state index contributed by atoms with van der Waals surface area (Å²) in [5.74, 6) is 0.163. The number of aromatic amines is 1. The van der Waals surface area contributed by atoms with Crippen molar-refractivity contribution in [2.75, 3.05) is 0 Å². The molecule has 0 saturated heterocycles. The van der Waals surface area contributed by atoms with Gasteiger partial charge in [0.15, 0.2) is 10.9 Å². The summed E-state index contributed by atoms with van der Waals surface area (Å²) in [6.45, 7) is 1.86. The van der Waals surface area contributed by atoms with Crippen molar-refractivity contribution < 1.29 is 4.79 Å². The van der Waals surface area contributed by atoms with E-state index in [1.54, 1.807) is 0 Å². The number of Topliss-reactive ketones (excluding diaryl/α,β-unsaturated/α-hetero) is 1. The summed E-state index contributed by atoms with van der Waals surface area (Å²) in [4.78, 5) is 16.5. The lowest BCUT2D eigenvalue weighted by Crippen LogP contribution is -1.95. The fraction of sp³-hybridized carbons (Fsp3) is 0.182. The Labute approximate surface area is 97.5 Å². The second kappa shape index (κ2) is 4.94. The summed E-state index contributed by atoms with van der Waals surface area (Å²) < 4.78 is 0. The second-order valence-electron chi connectivity index (χ2n) is 3.19. The van der Waals surface area contributed by atoms with Gasteiger partial charge in [0.05, 0.1) is 0 Å². The van der Waals surface area contributed by atoms with Crippen molar-refractivity contribution in [3.05, 3.63) is 36.2 Å². The van der Waals surface area contributed by atoms with Crippen LogP contribution in [0.25, 0.3) is 0 Å². The molecule has 0 fully saturated rings. The van der Waals surface area contributed by atoms with Crippen molar-refractivity contribution in [3.63, 3.8) is 0 Å². The molecule has 0 atom stereocenters. The number of hydrogen-bond acceptors (Lipinski definition) is 4. The van der Waals surface area contributed by atoms with E-state index in [2.05, 4.69) is 15.2 Å². The summed E-state index contributed by atoms with van der Waals surface area (Å²) in [7, 11) is 0. The minimum absolute atomic E-state index is 0.163. The van der Waals surface area contributed by atoms with Crippen LogP contribution in [-0.4, -0.2) is 21.0 Å². The first-order valence-electron chi connectivity index (χ1n) is 4.96. The third kappa shape index (κ3) is 2.49. The molecule has 4 nitrogen and oxygen atoms in total. The van der Waals surface area contributed by atoms with Crippen LogP contribution in [0.4, 0.5) is 0 Å². The zero-order chi connectivity index (χ0) is 11.4. The van der Waals surface area contributed by atoms with Gasteiger partial charge in [-0.1, -0.05) is 30.8 Å². The predicted octanol–water partition coefficient (Wildman–Crippen LogP) is 2.55.